The molecule has 0 heterocycles. The molecule has 0 saturated heterocycles. The Bertz CT molecular complexity index is 396. The summed E-state index contributed by atoms with van der Waals surface area (Å²) >= 11 is 0. The number of ether oxygens (including phenoxy) is 2. The predicted molar refractivity (Wildman–Crippen MR) is 114 cm³/mol. The van der Waals surface area contributed by atoms with Crippen LogP contribution in [0.3, 0.4) is 0 Å². The van der Waals surface area contributed by atoms with Gasteiger partial charge in [0.2, 0.25) is 0 Å². The van der Waals surface area contributed by atoms with Crippen LogP contribution in [0.4, 0.5) is 0 Å². The molecule has 0 spiro atoms. The minimum absolute atomic E-state index is 0.129. The van der Waals surface area contributed by atoms with Gasteiger partial charge in [-0.2, -0.15) is 0 Å². The van der Waals surface area contributed by atoms with Crippen molar-refractivity contribution in [3.8, 4) is 0 Å². The Morgan fingerprint density at radius 1 is 0.536 bits per heavy atom. The number of carbonyl (C=O) groups excluding carboxylic acids is 2. The molecule has 0 aliphatic heterocycles. The number of rotatable bonds is 17. The third-order valence-corrected chi connectivity index (χ3v) is 5.35. The monoisotopic (exact) mass is 402 g/mol. The third kappa shape index (κ3) is 15.9. The molecule has 0 aliphatic rings. The third-order valence-electron chi connectivity index (χ3n) is 5.35. The summed E-state index contributed by atoms with van der Waals surface area (Å²) in [5.74, 6) is -0.257. The molecular weight excluding hydrogens is 356 g/mol. The lowest BCUT2D eigenvalue weighted by molar-refractivity contribution is -0.883. The van der Waals surface area contributed by atoms with Gasteiger partial charge in [-0.05, 0) is 25.7 Å². The topological polar surface area (TPSA) is 52.6 Å². The zero-order valence-electron chi connectivity index (χ0n) is 19.4. The van der Waals surface area contributed by atoms with Crippen molar-refractivity contribution in [2.75, 3.05) is 68.6 Å². The van der Waals surface area contributed by atoms with Gasteiger partial charge in [0.15, 0.2) is 13.1 Å². The highest BCUT2D eigenvalue weighted by molar-refractivity contribution is 5.70. The molecule has 28 heavy (non-hydrogen) atoms. The number of hydrogen-bond acceptors (Lipinski definition) is 4. The summed E-state index contributed by atoms with van der Waals surface area (Å²) in [5, 5.41) is 0. The van der Waals surface area contributed by atoms with Crippen molar-refractivity contribution in [2.24, 2.45) is 0 Å². The summed E-state index contributed by atoms with van der Waals surface area (Å²) in [4.78, 5) is 22.8. The normalized spacial score (nSPS) is 12.1. The summed E-state index contributed by atoms with van der Waals surface area (Å²) < 4.78 is 10.9. The fourth-order valence-electron chi connectivity index (χ4n) is 3.48. The molecule has 0 aromatic heterocycles. The highest BCUT2D eigenvalue weighted by atomic mass is 16.5. The highest BCUT2D eigenvalue weighted by Gasteiger charge is 2.20. The quantitative estimate of drug-likeness (QED) is 0.213. The lowest BCUT2D eigenvalue weighted by Gasteiger charge is -2.28. The first-order valence-corrected chi connectivity index (χ1v) is 10.9. The lowest BCUT2D eigenvalue weighted by Crippen LogP contribution is -2.44. The molecule has 0 radical (unpaired) electrons. The van der Waals surface area contributed by atoms with Gasteiger partial charge in [0, 0.05) is 0 Å². The van der Waals surface area contributed by atoms with E-state index in [1.807, 2.05) is 0 Å². The molecule has 0 rings (SSSR count). The van der Waals surface area contributed by atoms with E-state index in [9.17, 15) is 9.59 Å². The summed E-state index contributed by atoms with van der Waals surface area (Å²) in [6, 6.07) is 0. The van der Waals surface area contributed by atoms with Crippen molar-refractivity contribution in [2.45, 2.75) is 64.2 Å². The zero-order valence-corrected chi connectivity index (χ0v) is 19.4. The molecule has 0 aromatic carbocycles. The van der Waals surface area contributed by atoms with Crippen LogP contribution in [0.1, 0.15) is 64.2 Å². The number of nitrogens with zero attached hydrogens (tertiary/aromatic N) is 2. The van der Waals surface area contributed by atoms with E-state index in [0.717, 1.165) is 13.1 Å². The maximum Gasteiger partial charge on any atom is 0.361 e. The summed E-state index contributed by atoms with van der Waals surface area (Å²) in [6.45, 7) is 2.96. The molecule has 6 nitrogen and oxygen atoms in total. The van der Waals surface area contributed by atoms with Crippen LogP contribution in [0.25, 0.3) is 0 Å². The maximum atomic E-state index is 11.4. The van der Waals surface area contributed by atoms with Crippen LogP contribution in [0.2, 0.25) is 0 Å². The van der Waals surface area contributed by atoms with E-state index in [4.69, 9.17) is 9.47 Å². The number of unbranched alkanes of at least 4 members (excludes halogenated alkanes) is 9. The summed E-state index contributed by atoms with van der Waals surface area (Å²) in [6.07, 6.45) is 12.7. The molecule has 0 unspecified atom stereocenters. The van der Waals surface area contributed by atoms with Crippen molar-refractivity contribution in [1.29, 1.82) is 0 Å². The van der Waals surface area contributed by atoms with E-state index in [1.54, 1.807) is 0 Å². The van der Waals surface area contributed by atoms with E-state index in [2.05, 4.69) is 28.2 Å². The van der Waals surface area contributed by atoms with Gasteiger partial charge in [-0.3, -0.25) is 0 Å². The molecule has 0 amide bonds. The Morgan fingerprint density at radius 3 is 1.04 bits per heavy atom. The van der Waals surface area contributed by atoms with E-state index >= 15 is 0 Å². The standard InChI is InChI=1S/C22H46N2O4/c1-23(2,19-21(25)27-5)17-15-13-11-9-7-8-10-12-14-16-18-24(3,4)20-22(26)28-6/h7-20H2,1-6H3/q+2. The Hall–Kier alpha value is -1.14. The SMILES string of the molecule is COC(=O)C[N+](C)(C)CCCCCCCCCCCC[N+](C)(C)CC(=O)OC. The molecule has 166 valence electrons. The molecule has 0 saturated carbocycles. The van der Waals surface area contributed by atoms with Crippen molar-refractivity contribution in [3.05, 3.63) is 0 Å². The second-order valence-corrected chi connectivity index (χ2v) is 9.32. The molecular formula is C22H46N2O4+2. The maximum absolute atomic E-state index is 11.4. The largest absolute Gasteiger partial charge is 0.465 e. The molecule has 0 N–H and O–H groups in total. The van der Waals surface area contributed by atoms with E-state index < -0.39 is 0 Å². The van der Waals surface area contributed by atoms with Crippen molar-refractivity contribution < 1.29 is 28.0 Å². The number of methoxy groups -OCH3 is 2. The van der Waals surface area contributed by atoms with Crippen LogP contribution in [-0.2, 0) is 19.1 Å². The summed E-state index contributed by atoms with van der Waals surface area (Å²) in [7, 11) is 11.3. The minimum atomic E-state index is -0.129. The number of hydrogen-bond donors (Lipinski definition) is 0. The Balaban J connectivity index is 3.49. The van der Waals surface area contributed by atoms with Gasteiger partial charge in [0.25, 0.3) is 0 Å². The van der Waals surface area contributed by atoms with Crippen LogP contribution in [-0.4, -0.2) is 89.5 Å². The van der Waals surface area contributed by atoms with Crippen LogP contribution in [0, 0.1) is 0 Å². The minimum Gasteiger partial charge on any atom is -0.465 e. The highest BCUT2D eigenvalue weighted by Crippen LogP contribution is 2.12. The van der Waals surface area contributed by atoms with E-state index in [1.165, 1.54) is 78.4 Å². The van der Waals surface area contributed by atoms with Crippen molar-refractivity contribution in [1.82, 2.24) is 0 Å². The molecule has 6 heteroatoms. The molecule has 0 fully saturated rings. The lowest BCUT2D eigenvalue weighted by atomic mass is 10.1. The van der Waals surface area contributed by atoms with Crippen molar-refractivity contribution in [3.63, 3.8) is 0 Å². The predicted octanol–water partition coefficient (Wildman–Crippen LogP) is 3.39. The van der Waals surface area contributed by atoms with Gasteiger partial charge >= 0.3 is 11.9 Å². The van der Waals surface area contributed by atoms with Crippen molar-refractivity contribution >= 4 is 11.9 Å². The zero-order chi connectivity index (χ0) is 21.5. The van der Waals surface area contributed by atoms with Gasteiger partial charge in [0.05, 0.1) is 55.5 Å². The molecule has 0 aromatic rings. The van der Waals surface area contributed by atoms with Gasteiger partial charge < -0.3 is 18.4 Å². The van der Waals surface area contributed by atoms with Crippen LogP contribution >= 0.6 is 0 Å². The average molecular weight is 403 g/mol. The fourth-order valence-corrected chi connectivity index (χ4v) is 3.48. The smallest absolute Gasteiger partial charge is 0.361 e. The number of carbonyl (C=O) groups is 2. The average Bonchev–Trinajstić information content (AvgIpc) is 2.61. The number of esters is 2. The van der Waals surface area contributed by atoms with Gasteiger partial charge in [0.1, 0.15) is 0 Å². The summed E-state index contributed by atoms with van der Waals surface area (Å²) in [5.41, 5.74) is 0. The second kappa shape index (κ2) is 14.8. The molecule has 0 aliphatic carbocycles. The first-order valence-electron chi connectivity index (χ1n) is 10.9. The fraction of sp³-hybridized carbons (Fsp3) is 0.909. The molecule has 0 atom stereocenters. The van der Waals surface area contributed by atoms with E-state index in [-0.39, 0.29) is 11.9 Å². The Labute approximate surface area is 173 Å². The first kappa shape index (κ1) is 26.9. The van der Waals surface area contributed by atoms with Gasteiger partial charge in [-0.1, -0.05) is 38.5 Å². The molecule has 0 bridgehead atoms. The Kier molecular flexibility index (Phi) is 14.2. The van der Waals surface area contributed by atoms with Crippen LogP contribution in [0.15, 0.2) is 0 Å². The Morgan fingerprint density at radius 2 is 0.786 bits per heavy atom. The van der Waals surface area contributed by atoms with Crippen LogP contribution in [0.5, 0.6) is 0 Å². The van der Waals surface area contributed by atoms with Crippen LogP contribution < -0.4 is 0 Å². The first-order chi connectivity index (χ1) is 13.1. The number of likely N-dealkylation sites (N-methyl/N-ethyl adjacent to an activating group) is 2. The van der Waals surface area contributed by atoms with Gasteiger partial charge in [-0.25, -0.2) is 9.59 Å². The second-order valence-electron chi connectivity index (χ2n) is 9.32. The number of quaternary nitrogens is 2. The van der Waals surface area contributed by atoms with Gasteiger partial charge in [-0.15, -0.1) is 0 Å². The van der Waals surface area contributed by atoms with E-state index in [0.29, 0.717) is 22.1 Å².